The molecule has 0 saturated carbocycles. The summed E-state index contributed by atoms with van der Waals surface area (Å²) in [4.78, 5) is 10.3. The predicted molar refractivity (Wildman–Crippen MR) is 78.4 cm³/mol. The largest absolute Gasteiger partial charge is 0.382 e. The quantitative estimate of drug-likeness (QED) is 0.509. The zero-order valence-electron chi connectivity index (χ0n) is 10.5. The second-order valence-electron chi connectivity index (χ2n) is 5.16. The van der Waals surface area contributed by atoms with Gasteiger partial charge in [-0.15, -0.1) is 0 Å². The molecule has 1 aromatic rings. The lowest BCUT2D eigenvalue weighted by Gasteiger charge is -2.29. The molecule has 1 rings (SSSR count). The molecule has 0 spiro atoms. The molecule has 5 heteroatoms. The Kier molecular flexibility index (Phi) is 4.35. The second-order valence-corrected chi connectivity index (χ2v) is 6.32. The summed E-state index contributed by atoms with van der Waals surface area (Å²) < 4.78 is 0.652. The minimum atomic E-state index is -0.362. The van der Waals surface area contributed by atoms with Crippen LogP contribution in [0.15, 0.2) is 18.2 Å². The second kappa shape index (κ2) is 5.20. The van der Waals surface area contributed by atoms with E-state index in [4.69, 9.17) is 0 Å². The van der Waals surface area contributed by atoms with Crippen LogP contribution in [0, 0.1) is 19.1 Å². The van der Waals surface area contributed by atoms with E-state index in [0.29, 0.717) is 9.61 Å². The first-order valence-corrected chi connectivity index (χ1v) is 6.50. The highest BCUT2D eigenvalue weighted by atomic mass is 127. The van der Waals surface area contributed by atoms with Crippen LogP contribution in [0.25, 0.3) is 0 Å². The third-order valence-electron chi connectivity index (χ3n) is 2.83. The molecule has 4 nitrogen and oxygen atoms in total. The van der Waals surface area contributed by atoms with Crippen molar-refractivity contribution in [2.24, 2.45) is 5.41 Å². The van der Waals surface area contributed by atoms with Crippen molar-refractivity contribution in [1.82, 2.24) is 0 Å². The molecular formula is C12H17IN2O2. The molecule has 0 amide bonds. The lowest BCUT2D eigenvalue weighted by Crippen LogP contribution is -2.30. The Labute approximate surface area is 115 Å². The van der Waals surface area contributed by atoms with Gasteiger partial charge in [-0.1, -0.05) is 20.8 Å². The van der Waals surface area contributed by atoms with Gasteiger partial charge in [-0.05, 0) is 47.1 Å². The fraction of sp³-hybridized carbons (Fsp3) is 0.500. The Morgan fingerprint density at radius 3 is 2.41 bits per heavy atom. The smallest absolute Gasteiger partial charge is 0.282 e. The molecule has 1 aromatic carbocycles. The van der Waals surface area contributed by atoms with Crippen LogP contribution in [0.4, 0.5) is 11.4 Å². The highest BCUT2D eigenvalue weighted by Crippen LogP contribution is 2.27. The average Bonchev–Trinajstić information content (AvgIpc) is 2.15. The lowest BCUT2D eigenvalue weighted by molar-refractivity contribution is -0.385. The molecule has 0 saturated heterocycles. The molecule has 0 fully saturated rings. The highest BCUT2D eigenvalue weighted by Gasteiger charge is 2.20. The summed E-state index contributed by atoms with van der Waals surface area (Å²) in [6.45, 7) is 8.57. The molecule has 17 heavy (non-hydrogen) atoms. The predicted octanol–water partition coefficient (Wildman–Crippen LogP) is 4.05. The van der Waals surface area contributed by atoms with E-state index in [-0.39, 0.29) is 16.0 Å². The summed E-state index contributed by atoms with van der Waals surface area (Å²) in [5, 5.41) is 14.1. The summed E-state index contributed by atoms with van der Waals surface area (Å²) in [6, 6.07) is 5.39. The molecule has 0 radical (unpaired) electrons. The minimum Gasteiger partial charge on any atom is -0.382 e. The van der Waals surface area contributed by atoms with Crippen molar-refractivity contribution in [2.45, 2.75) is 33.7 Å². The number of nitrogens with one attached hydrogen (secondary N) is 1. The summed E-state index contributed by atoms with van der Waals surface area (Å²) in [7, 11) is 0. The summed E-state index contributed by atoms with van der Waals surface area (Å²) in [6.07, 6.45) is 0. The molecule has 0 heterocycles. The Hall–Kier alpha value is -0.850. The topological polar surface area (TPSA) is 55.2 Å². The van der Waals surface area contributed by atoms with Gasteiger partial charge in [-0.2, -0.15) is 0 Å². The summed E-state index contributed by atoms with van der Waals surface area (Å²) in [5.74, 6) is 0. The van der Waals surface area contributed by atoms with Crippen LogP contribution >= 0.6 is 22.6 Å². The van der Waals surface area contributed by atoms with E-state index >= 15 is 0 Å². The number of nitro benzene ring substituents is 1. The molecule has 0 bridgehead atoms. The first-order chi connectivity index (χ1) is 7.71. The number of hydrogen-bond donors (Lipinski definition) is 1. The van der Waals surface area contributed by atoms with Crippen LogP contribution in [0.2, 0.25) is 0 Å². The number of benzene rings is 1. The zero-order chi connectivity index (χ0) is 13.2. The number of nitro groups is 1. The average molecular weight is 348 g/mol. The Balaban J connectivity index is 2.88. The van der Waals surface area contributed by atoms with E-state index in [9.17, 15) is 10.1 Å². The molecule has 0 aliphatic rings. The molecule has 1 atom stereocenters. The Morgan fingerprint density at radius 2 is 2.00 bits per heavy atom. The van der Waals surface area contributed by atoms with Crippen molar-refractivity contribution in [3.63, 3.8) is 0 Å². The van der Waals surface area contributed by atoms with E-state index in [1.54, 1.807) is 18.2 Å². The number of nitrogens with zero attached hydrogens (tertiary/aromatic N) is 1. The van der Waals surface area contributed by atoms with E-state index in [1.807, 2.05) is 22.6 Å². The molecule has 1 unspecified atom stereocenters. The number of halogens is 1. The lowest BCUT2D eigenvalue weighted by atomic mass is 9.88. The van der Waals surface area contributed by atoms with Crippen molar-refractivity contribution < 1.29 is 4.92 Å². The maximum absolute atomic E-state index is 10.7. The van der Waals surface area contributed by atoms with E-state index < -0.39 is 0 Å². The molecule has 1 N–H and O–H groups in total. The standard InChI is InChI=1S/C12H17IN2O2/c1-8(12(2,3)4)14-9-5-6-11(15(16)17)10(13)7-9/h5-8,14H,1-4H3. The van der Waals surface area contributed by atoms with Gasteiger partial charge in [0.2, 0.25) is 0 Å². The Morgan fingerprint density at radius 1 is 1.41 bits per heavy atom. The molecule has 94 valence electrons. The van der Waals surface area contributed by atoms with Gasteiger partial charge in [0.05, 0.1) is 8.49 Å². The highest BCUT2D eigenvalue weighted by molar-refractivity contribution is 14.1. The number of hydrogen-bond acceptors (Lipinski definition) is 3. The maximum Gasteiger partial charge on any atom is 0.282 e. The van der Waals surface area contributed by atoms with E-state index in [0.717, 1.165) is 5.69 Å². The number of rotatable bonds is 3. The summed E-state index contributed by atoms with van der Waals surface area (Å²) in [5.41, 5.74) is 1.22. The van der Waals surface area contributed by atoms with Crippen molar-refractivity contribution in [3.8, 4) is 0 Å². The van der Waals surface area contributed by atoms with Crippen LogP contribution in [-0.4, -0.2) is 11.0 Å². The van der Waals surface area contributed by atoms with Crippen molar-refractivity contribution in [3.05, 3.63) is 31.9 Å². The van der Waals surface area contributed by atoms with Gasteiger partial charge in [-0.3, -0.25) is 10.1 Å². The third kappa shape index (κ3) is 3.83. The van der Waals surface area contributed by atoms with Crippen LogP contribution in [-0.2, 0) is 0 Å². The fourth-order valence-electron chi connectivity index (χ4n) is 1.21. The Bertz CT molecular complexity index is 427. The molecule has 0 aliphatic carbocycles. The number of anilines is 1. The van der Waals surface area contributed by atoms with Crippen LogP contribution in [0.3, 0.4) is 0 Å². The summed E-state index contributed by atoms with van der Waals surface area (Å²) >= 11 is 1.99. The van der Waals surface area contributed by atoms with Crippen molar-refractivity contribution in [1.29, 1.82) is 0 Å². The van der Waals surface area contributed by atoms with Crippen LogP contribution in [0.5, 0.6) is 0 Å². The first kappa shape index (κ1) is 14.2. The molecule has 0 aliphatic heterocycles. The monoisotopic (exact) mass is 348 g/mol. The van der Waals surface area contributed by atoms with Gasteiger partial charge in [0.1, 0.15) is 0 Å². The minimum absolute atomic E-state index is 0.146. The van der Waals surface area contributed by atoms with Gasteiger partial charge in [0.25, 0.3) is 5.69 Å². The van der Waals surface area contributed by atoms with E-state index in [1.165, 1.54) is 0 Å². The van der Waals surface area contributed by atoms with Crippen LogP contribution < -0.4 is 5.32 Å². The van der Waals surface area contributed by atoms with Crippen LogP contribution in [0.1, 0.15) is 27.7 Å². The van der Waals surface area contributed by atoms with Crippen molar-refractivity contribution >= 4 is 34.0 Å². The van der Waals surface area contributed by atoms with Gasteiger partial charge < -0.3 is 5.32 Å². The first-order valence-electron chi connectivity index (χ1n) is 5.42. The normalized spacial score (nSPS) is 13.2. The molecular weight excluding hydrogens is 331 g/mol. The van der Waals surface area contributed by atoms with Gasteiger partial charge in [0, 0.05) is 17.8 Å². The third-order valence-corrected chi connectivity index (χ3v) is 3.69. The fourth-order valence-corrected chi connectivity index (χ4v) is 1.92. The van der Waals surface area contributed by atoms with Crippen molar-refractivity contribution in [2.75, 3.05) is 5.32 Å². The maximum atomic E-state index is 10.7. The molecule has 0 aromatic heterocycles. The van der Waals surface area contributed by atoms with Gasteiger partial charge >= 0.3 is 0 Å². The van der Waals surface area contributed by atoms with E-state index in [2.05, 4.69) is 33.0 Å². The van der Waals surface area contributed by atoms with Gasteiger partial charge in [0.15, 0.2) is 0 Å². The zero-order valence-corrected chi connectivity index (χ0v) is 12.6. The SMILES string of the molecule is CC(Nc1ccc([N+](=O)[O-])c(I)c1)C(C)(C)C. The van der Waals surface area contributed by atoms with Gasteiger partial charge in [-0.25, -0.2) is 0 Å².